The summed E-state index contributed by atoms with van der Waals surface area (Å²) >= 11 is 6.84. The molecule has 2 heterocycles. The van der Waals surface area contributed by atoms with Crippen molar-refractivity contribution >= 4 is 71.2 Å². The van der Waals surface area contributed by atoms with E-state index >= 15 is 0 Å². The van der Waals surface area contributed by atoms with E-state index in [4.69, 9.17) is 11.6 Å². The smallest absolute Gasteiger partial charge is 0.105 e. The van der Waals surface area contributed by atoms with Crippen LogP contribution < -0.4 is 0 Å². The lowest BCUT2D eigenvalue weighted by Gasteiger charge is -2.08. The minimum atomic E-state index is 0.780. The van der Waals surface area contributed by atoms with E-state index in [-0.39, 0.29) is 0 Å². The van der Waals surface area contributed by atoms with Gasteiger partial charge in [0.25, 0.3) is 0 Å². The van der Waals surface area contributed by atoms with Crippen LogP contribution in [-0.4, -0.2) is 4.40 Å². The maximum absolute atomic E-state index is 6.84. The van der Waals surface area contributed by atoms with E-state index in [1.54, 1.807) is 0 Å². The number of halogens is 1. The van der Waals surface area contributed by atoms with Gasteiger partial charge in [-0.25, -0.2) is 0 Å². The van der Waals surface area contributed by atoms with Crippen LogP contribution in [0.2, 0.25) is 5.02 Å². The second kappa shape index (κ2) is 4.87. The minimum Gasteiger partial charge on any atom is -0.301 e. The van der Waals surface area contributed by atoms with Crippen molar-refractivity contribution in [1.82, 2.24) is 4.40 Å². The molecule has 1 nitrogen and oxygen atoms in total. The molecule has 0 N–H and O–H groups in total. The molecular formula is C26H12ClN. The third-order valence-electron chi connectivity index (χ3n) is 6.00. The molecule has 2 aromatic heterocycles. The lowest BCUT2D eigenvalue weighted by Crippen LogP contribution is -1.85. The predicted octanol–water partition coefficient (Wildman–Crippen LogP) is 7.40. The summed E-state index contributed by atoms with van der Waals surface area (Å²) in [6.45, 7) is 0. The Morgan fingerprint density at radius 1 is 0.714 bits per heavy atom. The van der Waals surface area contributed by atoms with E-state index in [1.807, 2.05) is 6.07 Å². The lowest BCUT2D eigenvalue weighted by molar-refractivity contribution is 1.36. The predicted molar refractivity (Wildman–Crippen MR) is 119 cm³/mol. The zero-order valence-electron chi connectivity index (χ0n) is 14.8. The zero-order chi connectivity index (χ0) is 18.4. The van der Waals surface area contributed by atoms with Crippen molar-refractivity contribution in [2.45, 2.75) is 0 Å². The first-order valence-corrected chi connectivity index (χ1v) is 9.71. The van der Waals surface area contributed by atoms with Gasteiger partial charge < -0.3 is 4.40 Å². The topological polar surface area (TPSA) is 4.41 Å². The Bertz CT molecular complexity index is 1720. The number of hydrogen-bond acceptors (Lipinski definition) is 0. The molecule has 0 aliphatic rings. The number of rotatable bonds is 0. The SMILES string of the molecule is Clc1cc2ccc3cccc4c5ccccc5n5c6c#cccc6c1c5c2c34. The maximum atomic E-state index is 6.84. The number of aromatic nitrogens is 1. The number of hydrogen-bond donors (Lipinski definition) is 0. The quantitative estimate of drug-likeness (QED) is 0.244. The molecule has 0 radical (unpaired) electrons. The Hall–Kier alpha value is -3.47. The van der Waals surface area contributed by atoms with Gasteiger partial charge in [-0.1, -0.05) is 66.2 Å². The Balaban J connectivity index is 2.08. The third-order valence-corrected chi connectivity index (χ3v) is 6.30. The highest BCUT2D eigenvalue weighted by molar-refractivity contribution is 6.43. The fourth-order valence-electron chi connectivity index (χ4n) is 4.93. The van der Waals surface area contributed by atoms with E-state index in [2.05, 4.69) is 83.3 Å². The van der Waals surface area contributed by atoms with Gasteiger partial charge in [0, 0.05) is 21.5 Å². The number of benzene rings is 4. The largest absolute Gasteiger partial charge is 0.301 e. The monoisotopic (exact) mass is 373 g/mol. The van der Waals surface area contributed by atoms with Gasteiger partial charge in [0.2, 0.25) is 0 Å². The van der Waals surface area contributed by atoms with Gasteiger partial charge >= 0.3 is 0 Å². The van der Waals surface area contributed by atoms with Crippen LogP contribution in [-0.2, 0) is 0 Å². The highest BCUT2D eigenvalue weighted by Crippen LogP contribution is 2.44. The summed E-state index contributed by atoms with van der Waals surface area (Å²) in [6.07, 6.45) is 0. The highest BCUT2D eigenvalue weighted by Gasteiger charge is 2.20. The maximum Gasteiger partial charge on any atom is 0.105 e. The van der Waals surface area contributed by atoms with Gasteiger partial charge in [-0.15, -0.1) is 0 Å². The molecule has 0 saturated carbocycles. The first kappa shape index (κ1) is 14.6. The van der Waals surface area contributed by atoms with Crippen molar-refractivity contribution in [2.24, 2.45) is 0 Å². The van der Waals surface area contributed by atoms with Gasteiger partial charge in [0.1, 0.15) is 5.52 Å². The van der Waals surface area contributed by atoms with E-state index in [0.29, 0.717) is 0 Å². The lowest BCUT2D eigenvalue weighted by atomic mass is 9.96. The van der Waals surface area contributed by atoms with E-state index < -0.39 is 0 Å². The molecule has 0 atom stereocenters. The second-order valence-corrected chi connectivity index (χ2v) is 7.77. The number of fused-ring (bicyclic) bond motifs is 6. The van der Waals surface area contributed by atoms with Crippen LogP contribution in [0.1, 0.15) is 0 Å². The van der Waals surface area contributed by atoms with Crippen molar-refractivity contribution < 1.29 is 0 Å². The van der Waals surface area contributed by atoms with Crippen LogP contribution in [0.5, 0.6) is 0 Å². The van der Waals surface area contributed by atoms with Crippen LogP contribution in [0.25, 0.3) is 59.6 Å². The minimum absolute atomic E-state index is 0.780. The molecule has 0 aliphatic carbocycles. The van der Waals surface area contributed by atoms with E-state index in [0.717, 1.165) is 32.3 Å². The van der Waals surface area contributed by atoms with Gasteiger partial charge in [-0.05, 0) is 51.9 Å². The van der Waals surface area contributed by atoms with Crippen LogP contribution in [0, 0.1) is 12.1 Å². The molecule has 7 aromatic rings. The molecule has 0 aliphatic heterocycles. The normalized spacial score (nSPS) is 12.2. The fraction of sp³-hybridized carbons (Fsp3) is 0. The van der Waals surface area contributed by atoms with Crippen molar-refractivity contribution in [3.8, 4) is 0 Å². The number of nitrogens with zero attached hydrogens (tertiary/aromatic N) is 1. The Morgan fingerprint density at radius 3 is 2.54 bits per heavy atom. The van der Waals surface area contributed by atoms with Crippen molar-refractivity contribution in [1.29, 1.82) is 0 Å². The van der Waals surface area contributed by atoms with E-state index in [9.17, 15) is 0 Å². The van der Waals surface area contributed by atoms with Crippen molar-refractivity contribution in [3.63, 3.8) is 0 Å². The standard InChI is InChI=1S/C26H12ClN/c27-20-14-16-13-12-15-6-5-9-18-17-7-1-3-10-21(17)28-22-11-4-2-8-19(22)25(20)26(28)24(16)23(15)18/h1-3,5-10,12-14H. The molecule has 0 unspecified atom stereocenters. The summed E-state index contributed by atoms with van der Waals surface area (Å²) in [5, 5.41) is 10.4. The highest BCUT2D eigenvalue weighted by atomic mass is 35.5. The summed E-state index contributed by atoms with van der Waals surface area (Å²) in [4.78, 5) is 0. The van der Waals surface area contributed by atoms with Gasteiger partial charge in [-0.3, -0.25) is 0 Å². The molecule has 2 heteroatoms. The summed E-state index contributed by atoms with van der Waals surface area (Å²) in [7, 11) is 0. The second-order valence-electron chi connectivity index (χ2n) is 7.37. The molecule has 0 spiro atoms. The van der Waals surface area contributed by atoms with Crippen molar-refractivity contribution in [3.05, 3.63) is 90.0 Å². The Labute approximate surface area is 165 Å². The van der Waals surface area contributed by atoms with Gasteiger partial charge in [0.15, 0.2) is 0 Å². The van der Waals surface area contributed by atoms with Crippen LogP contribution in [0.3, 0.4) is 0 Å². The van der Waals surface area contributed by atoms with Crippen LogP contribution >= 0.6 is 11.6 Å². The van der Waals surface area contributed by atoms with Crippen molar-refractivity contribution in [2.75, 3.05) is 0 Å². The van der Waals surface area contributed by atoms with Crippen LogP contribution in [0.15, 0.2) is 72.8 Å². The van der Waals surface area contributed by atoms with Crippen LogP contribution in [0.4, 0.5) is 0 Å². The number of para-hydroxylation sites is 1. The Kier molecular flexibility index (Phi) is 2.53. The molecular weight excluding hydrogens is 362 g/mol. The van der Waals surface area contributed by atoms with E-state index in [1.165, 1.54) is 32.3 Å². The summed E-state index contributed by atoms with van der Waals surface area (Å²) in [6, 6.07) is 32.2. The third kappa shape index (κ3) is 1.57. The zero-order valence-corrected chi connectivity index (χ0v) is 15.5. The van der Waals surface area contributed by atoms with Gasteiger partial charge in [-0.2, -0.15) is 0 Å². The summed E-state index contributed by atoms with van der Waals surface area (Å²) in [5.74, 6) is 0. The van der Waals surface area contributed by atoms with Gasteiger partial charge in [0.05, 0.1) is 16.1 Å². The average Bonchev–Trinajstić information content (AvgIpc) is 3.02. The molecule has 0 amide bonds. The Morgan fingerprint density at radius 2 is 1.57 bits per heavy atom. The molecule has 0 bridgehead atoms. The summed E-state index contributed by atoms with van der Waals surface area (Å²) < 4.78 is 2.32. The molecule has 0 saturated heterocycles. The molecule has 28 heavy (non-hydrogen) atoms. The molecule has 7 rings (SSSR count). The molecule has 5 aromatic carbocycles. The first-order valence-electron chi connectivity index (χ1n) is 9.33. The molecule has 0 fully saturated rings. The fourth-order valence-corrected chi connectivity index (χ4v) is 5.24. The molecule has 128 valence electrons. The first-order chi connectivity index (χ1) is 13.8. The average molecular weight is 374 g/mol. The summed E-state index contributed by atoms with van der Waals surface area (Å²) in [5.41, 5.74) is 3.34.